The summed E-state index contributed by atoms with van der Waals surface area (Å²) in [5, 5.41) is 2.93. The fourth-order valence-electron chi connectivity index (χ4n) is 3.15. The molecule has 4 nitrogen and oxygen atoms in total. The van der Waals surface area contributed by atoms with Crippen LogP contribution in [0.2, 0.25) is 0 Å². The van der Waals surface area contributed by atoms with E-state index < -0.39 is 0 Å². The molecule has 0 atom stereocenters. The minimum atomic E-state index is -0.341. The number of anilines is 1. The summed E-state index contributed by atoms with van der Waals surface area (Å²) in [5.41, 5.74) is 1.22. The third-order valence-corrected chi connectivity index (χ3v) is 4.79. The summed E-state index contributed by atoms with van der Waals surface area (Å²) in [5.74, 6) is -0.421. The van der Waals surface area contributed by atoms with Crippen molar-refractivity contribution in [3.63, 3.8) is 0 Å². The molecule has 0 radical (unpaired) electrons. The van der Waals surface area contributed by atoms with Crippen molar-refractivity contribution in [2.75, 3.05) is 18.0 Å². The Hall–Kier alpha value is -2.69. The summed E-state index contributed by atoms with van der Waals surface area (Å²) in [7, 11) is 0. The van der Waals surface area contributed by atoms with Gasteiger partial charge in [-0.2, -0.15) is 0 Å². The summed E-state index contributed by atoms with van der Waals surface area (Å²) < 4.78 is 13.3. The van der Waals surface area contributed by atoms with Crippen LogP contribution in [0, 0.1) is 5.82 Å². The normalized spacial score (nSPS) is 10.6. The van der Waals surface area contributed by atoms with Crippen LogP contribution in [0.4, 0.5) is 10.1 Å². The molecular weight excluding hydrogens is 367 g/mol. The van der Waals surface area contributed by atoms with E-state index in [0.717, 1.165) is 12.8 Å². The zero-order valence-electron chi connectivity index (χ0n) is 17.2. The van der Waals surface area contributed by atoms with E-state index in [0.29, 0.717) is 37.2 Å². The van der Waals surface area contributed by atoms with E-state index in [1.54, 1.807) is 29.2 Å². The minimum absolute atomic E-state index is 0.0595. The number of amides is 2. The number of carbonyl (C=O) groups excluding carboxylic acids is 2. The van der Waals surface area contributed by atoms with Gasteiger partial charge < -0.3 is 10.2 Å². The van der Waals surface area contributed by atoms with Gasteiger partial charge in [0.05, 0.1) is 0 Å². The first-order valence-corrected chi connectivity index (χ1v) is 10.5. The largest absolute Gasteiger partial charge is 0.356 e. The quantitative estimate of drug-likeness (QED) is 0.491. The van der Waals surface area contributed by atoms with Gasteiger partial charge in [-0.1, -0.05) is 50.8 Å². The van der Waals surface area contributed by atoms with Crippen LogP contribution in [0.1, 0.15) is 62.2 Å². The van der Waals surface area contributed by atoms with Gasteiger partial charge in [0.25, 0.3) is 5.91 Å². The first kappa shape index (κ1) is 22.6. The zero-order valence-corrected chi connectivity index (χ0v) is 17.2. The van der Waals surface area contributed by atoms with Gasteiger partial charge in [-0.05, 0) is 49.2 Å². The Bertz CT molecular complexity index is 747. The molecule has 0 aliphatic heterocycles. The lowest BCUT2D eigenvalue weighted by Gasteiger charge is -2.23. The van der Waals surface area contributed by atoms with Gasteiger partial charge in [0.15, 0.2) is 0 Å². The van der Waals surface area contributed by atoms with Crippen LogP contribution in [0.3, 0.4) is 0 Å². The zero-order chi connectivity index (χ0) is 20.9. The van der Waals surface area contributed by atoms with Gasteiger partial charge in [-0.25, -0.2) is 4.39 Å². The lowest BCUT2D eigenvalue weighted by atomic mass is 10.1. The van der Waals surface area contributed by atoms with Gasteiger partial charge in [0.1, 0.15) is 5.82 Å². The van der Waals surface area contributed by atoms with Crippen molar-refractivity contribution in [3.05, 3.63) is 66.0 Å². The first-order valence-electron chi connectivity index (χ1n) is 10.5. The highest BCUT2D eigenvalue weighted by atomic mass is 19.1. The van der Waals surface area contributed by atoms with Crippen LogP contribution < -0.4 is 10.2 Å². The molecule has 0 unspecified atom stereocenters. The number of unbranched alkanes of at least 4 members (excludes halogenated alkanes) is 4. The molecule has 5 heteroatoms. The van der Waals surface area contributed by atoms with E-state index >= 15 is 0 Å². The second-order valence-electron chi connectivity index (χ2n) is 7.17. The molecule has 2 rings (SSSR count). The van der Waals surface area contributed by atoms with Crippen LogP contribution in [0.5, 0.6) is 0 Å². The van der Waals surface area contributed by atoms with Gasteiger partial charge in [-0.3, -0.25) is 9.59 Å². The van der Waals surface area contributed by atoms with E-state index in [-0.39, 0.29) is 17.6 Å². The number of nitrogens with one attached hydrogen (secondary N) is 1. The van der Waals surface area contributed by atoms with Crippen molar-refractivity contribution in [1.29, 1.82) is 0 Å². The van der Waals surface area contributed by atoms with Crippen molar-refractivity contribution in [2.45, 2.75) is 51.9 Å². The molecule has 1 N–H and O–H groups in total. The minimum Gasteiger partial charge on any atom is -0.356 e. The Kier molecular flexibility index (Phi) is 9.90. The Morgan fingerprint density at radius 2 is 1.59 bits per heavy atom. The predicted molar refractivity (Wildman–Crippen MR) is 116 cm³/mol. The Balaban J connectivity index is 1.86. The van der Waals surface area contributed by atoms with Crippen LogP contribution in [0.25, 0.3) is 0 Å². The molecule has 156 valence electrons. The average molecular weight is 399 g/mol. The van der Waals surface area contributed by atoms with Gasteiger partial charge in [-0.15, -0.1) is 0 Å². The number of nitrogens with zero attached hydrogens (tertiary/aromatic N) is 1. The maximum Gasteiger partial charge on any atom is 0.258 e. The Morgan fingerprint density at radius 3 is 2.28 bits per heavy atom. The molecule has 2 aromatic carbocycles. The smallest absolute Gasteiger partial charge is 0.258 e. The molecule has 0 aliphatic rings. The van der Waals surface area contributed by atoms with Gasteiger partial charge in [0, 0.05) is 30.8 Å². The fourth-order valence-corrected chi connectivity index (χ4v) is 3.15. The molecule has 0 aliphatic carbocycles. The van der Waals surface area contributed by atoms with E-state index in [9.17, 15) is 14.0 Å². The van der Waals surface area contributed by atoms with Crippen molar-refractivity contribution in [1.82, 2.24) is 5.32 Å². The molecule has 2 aromatic rings. The SMILES string of the molecule is CCCCCCCC(=O)NCCCN(C(=O)c1ccccc1)c1ccc(F)cc1. The molecule has 0 spiro atoms. The summed E-state index contributed by atoms with van der Waals surface area (Å²) in [6.45, 7) is 3.12. The molecule has 29 heavy (non-hydrogen) atoms. The number of carbonyl (C=O) groups is 2. The van der Waals surface area contributed by atoms with Gasteiger partial charge >= 0.3 is 0 Å². The molecule has 0 saturated heterocycles. The molecule has 0 saturated carbocycles. The lowest BCUT2D eigenvalue weighted by Crippen LogP contribution is -2.34. The number of hydrogen-bond donors (Lipinski definition) is 1. The lowest BCUT2D eigenvalue weighted by molar-refractivity contribution is -0.121. The second kappa shape index (κ2) is 12.7. The first-order chi connectivity index (χ1) is 14.1. The van der Waals surface area contributed by atoms with Crippen LogP contribution in [-0.4, -0.2) is 24.9 Å². The van der Waals surface area contributed by atoms with E-state index in [4.69, 9.17) is 0 Å². The third kappa shape index (κ3) is 8.06. The molecular formula is C24H31FN2O2. The predicted octanol–water partition coefficient (Wildman–Crippen LogP) is 5.34. The highest BCUT2D eigenvalue weighted by Crippen LogP contribution is 2.18. The Morgan fingerprint density at radius 1 is 0.897 bits per heavy atom. The fraction of sp³-hybridized carbons (Fsp3) is 0.417. The molecule has 0 aromatic heterocycles. The number of benzene rings is 2. The number of halogens is 1. The van der Waals surface area contributed by atoms with Crippen molar-refractivity contribution < 1.29 is 14.0 Å². The van der Waals surface area contributed by atoms with E-state index in [1.807, 2.05) is 18.2 Å². The van der Waals surface area contributed by atoms with E-state index in [1.165, 1.54) is 31.4 Å². The highest BCUT2D eigenvalue weighted by molar-refractivity contribution is 6.06. The Labute approximate surface area is 173 Å². The summed E-state index contributed by atoms with van der Waals surface area (Å²) in [6.07, 6.45) is 6.77. The second-order valence-corrected chi connectivity index (χ2v) is 7.17. The van der Waals surface area contributed by atoms with Crippen molar-refractivity contribution in [2.24, 2.45) is 0 Å². The number of hydrogen-bond acceptors (Lipinski definition) is 2. The summed E-state index contributed by atoms with van der Waals surface area (Å²) in [4.78, 5) is 26.5. The third-order valence-electron chi connectivity index (χ3n) is 4.79. The van der Waals surface area contributed by atoms with E-state index in [2.05, 4.69) is 12.2 Å². The topological polar surface area (TPSA) is 49.4 Å². The highest BCUT2D eigenvalue weighted by Gasteiger charge is 2.17. The standard InChI is InChI=1S/C24H31FN2O2/c1-2-3-4-5-9-13-23(28)26-18-10-19-27(22-16-14-21(25)15-17-22)24(29)20-11-7-6-8-12-20/h6-8,11-12,14-17H,2-5,9-10,13,18-19H2,1H3,(H,26,28). The summed E-state index contributed by atoms with van der Waals surface area (Å²) >= 11 is 0. The monoisotopic (exact) mass is 398 g/mol. The van der Waals surface area contributed by atoms with Crippen molar-refractivity contribution in [3.8, 4) is 0 Å². The van der Waals surface area contributed by atoms with Crippen LogP contribution >= 0.6 is 0 Å². The van der Waals surface area contributed by atoms with Crippen molar-refractivity contribution >= 4 is 17.5 Å². The summed E-state index contributed by atoms with van der Waals surface area (Å²) in [6, 6.07) is 14.9. The molecule has 2 amide bonds. The maximum atomic E-state index is 13.3. The maximum absolute atomic E-state index is 13.3. The average Bonchev–Trinajstić information content (AvgIpc) is 2.75. The molecule has 0 fully saturated rings. The van der Waals surface area contributed by atoms with Crippen LogP contribution in [0.15, 0.2) is 54.6 Å². The molecule has 0 heterocycles. The number of rotatable bonds is 12. The van der Waals surface area contributed by atoms with Gasteiger partial charge in [0.2, 0.25) is 5.91 Å². The molecule has 0 bridgehead atoms. The van der Waals surface area contributed by atoms with Crippen LogP contribution in [-0.2, 0) is 4.79 Å².